The molecule has 2 N–H and O–H groups in total. The summed E-state index contributed by atoms with van der Waals surface area (Å²) in [6.07, 6.45) is 1.69. The maximum absolute atomic E-state index is 12.5. The van der Waals surface area contributed by atoms with Crippen molar-refractivity contribution in [3.05, 3.63) is 82.5 Å². The Morgan fingerprint density at radius 2 is 1.67 bits per heavy atom. The predicted octanol–water partition coefficient (Wildman–Crippen LogP) is 5.15. The van der Waals surface area contributed by atoms with E-state index in [0.717, 1.165) is 15.7 Å². The van der Waals surface area contributed by atoms with Gasteiger partial charge in [0.1, 0.15) is 0 Å². The number of aryl methyl sites for hydroxylation is 1. The highest BCUT2D eigenvalue weighted by Crippen LogP contribution is 2.26. The Hall–Kier alpha value is -2.66. The quantitative estimate of drug-likeness (QED) is 0.656. The van der Waals surface area contributed by atoms with E-state index in [1.54, 1.807) is 18.3 Å². The summed E-state index contributed by atoms with van der Waals surface area (Å²) in [6, 6.07) is 18.8. The van der Waals surface area contributed by atoms with E-state index < -0.39 is 0 Å². The second-order valence-electron chi connectivity index (χ2n) is 5.27. The number of carbonyl (C=O) groups excluding carboxylic acids is 1. The molecule has 0 spiro atoms. The average molecular weight is 382 g/mol. The van der Waals surface area contributed by atoms with Crippen molar-refractivity contribution < 1.29 is 4.79 Å². The summed E-state index contributed by atoms with van der Waals surface area (Å²) >= 11 is 3.40. The number of para-hydroxylation sites is 1. The largest absolute Gasteiger partial charge is 0.338 e. The number of carbonyl (C=O) groups is 1. The molecule has 120 valence electrons. The summed E-state index contributed by atoms with van der Waals surface area (Å²) in [5.74, 6) is 0.413. The van der Waals surface area contributed by atoms with E-state index in [1.165, 1.54) is 0 Å². The molecule has 0 fully saturated rings. The van der Waals surface area contributed by atoms with E-state index in [2.05, 4.69) is 31.5 Å². The molecule has 0 saturated heterocycles. The van der Waals surface area contributed by atoms with Crippen molar-refractivity contribution in [3.8, 4) is 0 Å². The van der Waals surface area contributed by atoms with E-state index in [-0.39, 0.29) is 5.91 Å². The van der Waals surface area contributed by atoms with Crippen LogP contribution >= 0.6 is 15.9 Å². The lowest BCUT2D eigenvalue weighted by Crippen LogP contribution is -2.14. The summed E-state index contributed by atoms with van der Waals surface area (Å²) in [4.78, 5) is 16.9. The third-order valence-electron chi connectivity index (χ3n) is 3.57. The number of benzene rings is 2. The summed E-state index contributed by atoms with van der Waals surface area (Å²) in [7, 11) is 0. The van der Waals surface area contributed by atoms with Crippen molar-refractivity contribution >= 4 is 39.0 Å². The number of pyridine rings is 1. The van der Waals surface area contributed by atoms with Crippen LogP contribution < -0.4 is 10.6 Å². The second kappa shape index (κ2) is 7.27. The molecule has 24 heavy (non-hydrogen) atoms. The number of anilines is 3. The molecular weight excluding hydrogens is 366 g/mol. The zero-order valence-corrected chi connectivity index (χ0v) is 14.7. The zero-order valence-electron chi connectivity index (χ0n) is 13.1. The minimum Gasteiger partial charge on any atom is -0.338 e. The van der Waals surface area contributed by atoms with Crippen molar-refractivity contribution in [1.29, 1.82) is 0 Å². The van der Waals surface area contributed by atoms with Gasteiger partial charge in [0, 0.05) is 16.4 Å². The van der Waals surface area contributed by atoms with Crippen LogP contribution in [-0.2, 0) is 0 Å². The number of nitrogens with zero attached hydrogens (tertiary/aromatic N) is 1. The van der Waals surface area contributed by atoms with Crippen molar-refractivity contribution in [1.82, 2.24) is 4.98 Å². The minimum atomic E-state index is -0.191. The topological polar surface area (TPSA) is 54.0 Å². The Bertz CT molecular complexity index is 880. The summed E-state index contributed by atoms with van der Waals surface area (Å²) in [6.45, 7) is 2.02. The van der Waals surface area contributed by atoms with Gasteiger partial charge in [-0.3, -0.25) is 4.79 Å². The van der Waals surface area contributed by atoms with Crippen LogP contribution in [0, 0.1) is 6.92 Å². The molecular formula is C19H16BrN3O. The molecule has 3 rings (SSSR count). The van der Waals surface area contributed by atoms with Gasteiger partial charge >= 0.3 is 0 Å². The fourth-order valence-corrected chi connectivity index (χ4v) is 2.75. The highest BCUT2D eigenvalue weighted by molar-refractivity contribution is 9.10. The summed E-state index contributed by atoms with van der Waals surface area (Å²) in [5, 5.41) is 6.19. The zero-order chi connectivity index (χ0) is 16.9. The molecule has 1 heterocycles. The number of aromatic nitrogens is 1. The average Bonchev–Trinajstić information content (AvgIpc) is 2.59. The Balaban J connectivity index is 1.86. The molecule has 0 bridgehead atoms. The lowest BCUT2D eigenvalue weighted by Gasteiger charge is -2.13. The molecule has 0 saturated carbocycles. The van der Waals surface area contributed by atoms with E-state index >= 15 is 0 Å². The summed E-state index contributed by atoms with van der Waals surface area (Å²) in [5.41, 5.74) is 3.25. The van der Waals surface area contributed by atoms with Crippen LogP contribution in [0.3, 0.4) is 0 Å². The van der Waals surface area contributed by atoms with Gasteiger partial charge in [-0.05, 0) is 58.7 Å². The predicted molar refractivity (Wildman–Crippen MR) is 101 cm³/mol. The van der Waals surface area contributed by atoms with Crippen molar-refractivity contribution in [2.75, 3.05) is 10.6 Å². The third kappa shape index (κ3) is 3.63. The van der Waals surface area contributed by atoms with E-state index in [4.69, 9.17) is 0 Å². The smallest absolute Gasteiger partial charge is 0.256 e. The minimum absolute atomic E-state index is 0.191. The van der Waals surface area contributed by atoms with Crippen LogP contribution in [-0.4, -0.2) is 10.9 Å². The number of nitrogens with one attached hydrogen (secondary N) is 2. The molecule has 5 heteroatoms. The van der Waals surface area contributed by atoms with Gasteiger partial charge in [0.25, 0.3) is 5.91 Å². The third-order valence-corrected chi connectivity index (χ3v) is 4.26. The number of hydrogen-bond acceptors (Lipinski definition) is 3. The number of rotatable bonds is 4. The molecule has 0 aliphatic heterocycles. The molecule has 0 radical (unpaired) electrons. The molecule has 1 amide bonds. The molecule has 0 aliphatic carbocycles. The van der Waals surface area contributed by atoms with Crippen molar-refractivity contribution in [3.63, 3.8) is 0 Å². The van der Waals surface area contributed by atoms with Gasteiger partial charge < -0.3 is 10.6 Å². The Morgan fingerprint density at radius 3 is 2.46 bits per heavy atom. The van der Waals surface area contributed by atoms with Gasteiger partial charge in [-0.1, -0.05) is 30.3 Å². The number of halogens is 1. The van der Waals surface area contributed by atoms with Crippen LogP contribution in [0.5, 0.6) is 0 Å². The maximum Gasteiger partial charge on any atom is 0.256 e. The Morgan fingerprint density at radius 1 is 0.958 bits per heavy atom. The first-order chi connectivity index (χ1) is 11.6. The van der Waals surface area contributed by atoms with E-state index in [9.17, 15) is 4.79 Å². The van der Waals surface area contributed by atoms with Gasteiger partial charge in [-0.25, -0.2) is 4.98 Å². The summed E-state index contributed by atoms with van der Waals surface area (Å²) < 4.78 is 0.750. The molecule has 4 nitrogen and oxygen atoms in total. The lowest BCUT2D eigenvalue weighted by molar-refractivity contribution is 0.102. The molecule has 3 aromatic rings. The van der Waals surface area contributed by atoms with E-state index in [0.29, 0.717) is 17.1 Å². The van der Waals surface area contributed by atoms with Gasteiger partial charge in [-0.15, -0.1) is 0 Å². The Labute approximate surface area is 149 Å². The number of amides is 1. The van der Waals surface area contributed by atoms with Gasteiger partial charge in [-0.2, -0.15) is 0 Å². The van der Waals surface area contributed by atoms with Crippen LogP contribution in [0.2, 0.25) is 0 Å². The highest BCUT2D eigenvalue weighted by atomic mass is 79.9. The van der Waals surface area contributed by atoms with Crippen LogP contribution in [0.4, 0.5) is 17.2 Å². The Kier molecular flexibility index (Phi) is 4.91. The molecule has 2 aromatic carbocycles. The first-order valence-electron chi connectivity index (χ1n) is 7.48. The maximum atomic E-state index is 12.5. The standard InChI is InChI=1S/C19H16BrN3O/c1-13-7-2-5-10-16(13)22-18-17(11-6-12-21-18)23-19(24)14-8-3-4-9-15(14)20/h2-12H,1H3,(H,21,22)(H,23,24). The fourth-order valence-electron chi connectivity index (χ4n) is 2.28. The molecule has 0 unspecified atom stereocenters. The molecule has 0 aliphatic rings. The first-order valence-corrected chi connectivity index (χ1v) is 8.28. The lowest BCUT2D eigenvalue weighted by atomic mass is 10.2. The van der Waals surface area contributed by atoms with Crippen molar-refractivity contribution in [2.24, 2.45) is 0 Å². The molecule has 0 atom stereocenters. The van der Waals surface area contributed by atoms with Crippen LogP contribution in [0.15, 0.2) is 71.3 Å². The normalized spacial score (nSPS) is 10.2. The highest BCUT2D eigenvalue weighted by Gasteiger charge is 2.12. The fraction of sp³-hybridized carbons (Fsp3) is 0.0526. The van der Waals surface area contributed by atoms with Crippen LogP contribution in [0.25, 0.3) is 0 Å². The van der Waals surface area contributed by atoms with E-state index in [1.807, 2.05) is 55.5 Å². The number of hydrogen-bond donors (Lipinski definition) is 2. The van der Waals surface area contributed by atoms with Crippen LogP contribution in [0.1, 0.15) is 15.9 Å². The van der Waals surface area contributed by atoms with Gasteiger partial charge in [0.05, 0.1) is 11.3 Å². The molecule has 1 aromatic heterocycles. The van der Waals surface area contributed by atoms with Gasteiger partial charge in [0.2, 0.25) is 0 Å². The monoisotopic (exact) mass is 381 g/mol. The SMILES string of the molecule is Cc1ccccc1Nc1ncccc1NC(=O)c1ccccc1Br. The van der Waals surface area contributed by atoms with Crippen molar-refractivity contribution in [2.45, 2.75) is 6.92 Å². The van der Waals surface area contributed by atoms with Gasteiger partial charge in [0.15, 0.2) is 5.82 Å². The first kappa shape index (κ1) is 16.2. The second-order valence-corrected chi connectivity index (χ2v) is 6.13.